The quantitative estimate of drug-likeness (QED) is 0.0852. The summed E-state index contributed by atoms with van der Waals surface area (Å²) in [5.41, 5.74) is 0. The summed E-state index contributed by atoms with van der Waals surface area (Å²) in [6, 6.07) is 0. The van der Waals surface area contributed by atoms with Crippen molar-refractivity contribution in [2.45, 2.75) is 168 Å². The summed E-state index contributed by atoms with van der Waals surface area (Å²) in [6.45, 7) is 10.5. The normalized spacial score (nSPS) is 25.5. The second-order valence-electron chi connectivity index (χ2n) is 13.2. The molecule has 0 N–H and O–H groups in total. The lowest BCUT2D eigenvalue weighted by molar-refractivity contribution is -0.300. The van der Waals surface area contributed by atoms with Gasteiger partial charge in [0.2, 0.25) is 24.8 Å². The minimum absolute atomic E-state index is 0.0610. The van der Waals surface area contributed by atoms with Crippen molar-refractivity contribution in [3.8, 4) is 0 Å². The number of hydrogen-bond donors (Lipinski definition) is 0. The molecule has 2 heterocycles. The van der Waals surface area contributed by atoms with Gasteiger partial charge in [0, 0.05) is 63.5 Å². The molecule has 0 unspecified atom stereocenters. The van der Waals surface area contributed by atoms with E-state index in [1.165, 1.54) is 55.4 Å². The minimum atomic E-state index is -1.93. The maximum Gasteiger partial charge on any atom is 0.333 e. The summed E-state index contributed by atoms with van der Waals surface area (Å²) >= 11 is 0. The number of hydrogen-bond acceptors (Lipinski definition) is 22. The molecule has 22 heteroatoms. The zero-order valence-corrected chi connectivity index (χ0v) is 36.0. The van der Waals surface area contributed by atoms with Gasteiger partial charge in [-0.2, -0.15) is 0 Å². The molecule has 0 aliphatic carbocycles. The van der Waals surface area contributed by atoms with Crippen molar-refractivity contribution in [3.63, 3.8) is 0 Å². The molecule has 0 radical (unpaired) electrons. The van der Waals surface area contributed by atoms with Crippen molar-refractivity contribution >= 4 is 59.7 Å². The van der Waals surface area contributed by atoms with Gasteiger partial charge in [-0.1, -0.05) is 55.4 Å². The highest BCUT2D eigenvalue weighted by molar-refractivity contribution is 5.91. The Morgan fingerprint density at radius 2 is 0.581 bits per heavy atom. The molecular formula is C40H56O22. The average molecular weight is 889 g/mol. The fourth-order valence-corrected chi connectivity index (χ4v) is 5.43. The molecule has 0 aromatic carbocycles. The van der Waals surface area contributed by atoms with Gasteiger partial charge in [-0.15, -0.1) is 0 Å². The van der Waals surface area contributed by atoms with Gasteiger partial charge in [-0.3, -0.25) is 38.4 Å². The maximum atomic E-state index is 13.3. The van der Waals surface area contributed by atoms with Crippen molar-refractivity contribution in [2.24, 2.45) is 0 Å². The van der Waals surface area contributed by atoms with Gasteiger partial charge < -0.3 is 56.8 Å². The zero-order chi connectivity index (χ0) is 46.5. The van der Waals surface area contributed by atoms with E-state index >= 15 is 0 Å². The number of rotatable bonds is 22. The third-order valence-corrected chi connectivity index (χ3v) is 8.73. The Morgan fingerprint density at radius 3 is 0.839 bits per heavy atom. The molecule has 2 fully saturated rings. The number of carbonyl (C=O) groups excluding carboxylic acids is 10. The molecule has 2 aliphatic rings. The average Bonchev–Trinajstić information content (AvgIpc) is 3.26. The Balaban J connectivity index is 2.53. The molecule has 2 saturated heterocycles. The lowest BCUT2D eigenvalue weighted by Crippen LogP contribution is -2.63. The summed E-state index contributed by atoms with van der Waals surface area (Å²) in [7, 11) is 0. The molecule has 2 rings (SSSR count). The molecule has 0 bridgehead atoms. The molecule has 0 spiro atoms. The van der Waals surface area contributed by atoms with Gasteiger partial charge in [0.25, 0.3) is 0 Å². The molecule has 348 valence electrons. The van der Waals surface area contributed by atoms with Crippen molar-refractivity contribution in [1.29, 1.82) is 0 Å². The van der Waals surface area contributed by atoms with Crippen LogP contribution in [0.25, 0.3) is 0 Å². The second-order valence-corrected chi connectivity index (χ2v) is 13.2. The van der Waals surface area contributed by atoms with Crippen LogP contribution in [0, 0.1) is 0 Å². The van der Waals surface area contributed by atoms with Crippen LogP contribution in [0.1, 0.15) is 107 Å². The zero-order valence-electron chi connectivity index (χ0n) is 36.0. The first kappa shape index (κ1) is 52.5. The highest BCUT2D eigenvalue weighted by Gasteiger charge is 2.55. The maximum absolute atomic E-state index is 13.3. The van der Waals surface area contributed by atoms with Gasteiger partial charge in [-0.05, 0) is 0 Å². The van der Waals surface area contributed by atoms with Crippen LogP contribution in [0.5, 0.6) is 0 Å². The molecular weight excluding hydrogens is 832 g/mol. The van der Waals surface area contributed by atoms with Crippen LogP contribution < -0.4 is 0 Å². The van der Waals surface area contributed by atoms with Crippen molar-refractivity contribution in [2.75, 3.05) is 13.2 Å². The number of esters is 10. The summed E-state index contributed by atoms with van der Waals surface area (Å²) in [5.74, 6) is -9.12. The van der Waals surface area contributed by atoms with E-state index in [9.17, 15) is 47.9 Å². The van der Waals surface area contributed by atoms with Crippen LogP contribution in [0.3, 0.4) is 0 Å². The Kier molecular flexibility index (Phi) is 22.6. The Labute approximate surface area is 357 Å². The highest BCUT2D eigenvalue weighted by atomic mass is 16.8. The van der Waals surface area contributed by atoms with Crippen molar-refractivity contribution in [1.82, 2.24) is 0 Å². The number of carbonyl (C=O) groups is 10. The highest BCUT2D eigenvalue weighted by Crippen LogP contribution is 2.32. The van der Waals surface area contributed by atoms with Crippen molar-refractivity contribution in [3.05, 3.63) is 12.2 Å². The van der Waals surface area contributed by atoms with Crippen LogP contribution in [-0.2, 0) is 105 Å². The van der Waals surface area contributed by atoms with Gasteiger partial charge in [-0.25, -0.2) is 9.59 Å². The minimum Gasteiger partial charge on any atom is -0.463 e. The summed E-state index contributed by atoms with van der Waals surface area (Å²) in [6.07, 6.45) is -16.8. The predicted molar refractivity (Wildman–Crippen MR) is 202 cm³/mol. The van der Waals surface area contributed by atoms with Gasteiger partial charge in [0.05, 0.1) is 0 Å². The summed E-state index contributed by atoms with van der Waals surface area (Å²) < 4.78 is 66.1. The summed E-state index contributed by atoms with van der Waals surface area (Å²) in [5, 5.41) is 0. The van der Waals surface area contributed by atoms with E-state index in [0.29, 0.717) is 12.2 Å². The van der Waals surface area contributed by atoms with Gasteiger partial charge in [0.15, 0.2) is 24.4 Å². The first-order valence-electron chi connectivity index (χ1n) is 20.4. The second kappa shape index (κ2) is 26.6. The Morgan fingerprint density at radius 1 is 0.339 bits per heavy atom. The van der Waals surface area contributed by atoms with Crippen LogP contribution in [-0.4, -0.2) is 134 Å². The molecule has 22 nitrogen and oxygen atoms in total. The lowest BCUT2D eigenvalue weighted by atomic mass is 9.98. The third-order valence-electron chi connectivity index (χ3n) is 8.73. The van der Waals surface area contributed by atoms with E-state index in [2.05, 4.69) is 0 Å². The Bertz CT molecular complexity index is 1510. The van der Waals surface area contributed by atoms with Crippen molar-refractivity contribution < 1.29 is 105 Å². The van der Waals surface area contributed by atoms with Crippen LogP contribution >= 0.6 is 0 Å². The third kappa shape index (κ3) is 16.3. The van der Waals surface area contributed by atoms with Gasteiger partial charge in [0.1, 0.15) is 25.4 Å². The Hall–Kier alpha value is -5.64. The van der Waals surface area contributed by atoms with E-state index < -0.39 is 134 Å². The molecule has 10 atom stereocenters. The molecule has 62 heavy (non-hydrogen) atoms. The van der Waals surface area contributed by atoms with E-state index in [1.54, 1.807) is 0 Å². The largest absolute Gasteiger partial charge is 0.463 e. The first-order chi connectivity index (χ1) is 29.5. The topological polar surface area (TPSA) is 281 Å². The molecule has 2 aliphatic heterocycles. The van der Waals surface area contributed by atoms with Crippen LogP contribution in [0.2, 0.25) is 0 Å². The van der Waals surface area contributed by atoms with E-state index in [-0.39, 0.29) is 51.4 Å². The molecule has 0 aromatic heterocycles. The van der Waals surface area contributed by atoms with E-state index in [4.69, 9.17) is 56.8 Å². The monoisotopic (exact) mass is 888 g/mol. The van der Waals surface area contributed by atoms with E-state index in [0.717, 1.165) is 0 Å². The molecule has 0 amide bonds. The SMILES string of the molecule is CCC(=O)OC[C@H]1O[C@@H](OC(=O)/C=C/C(=O)O[C@@H]2O[C@H](COC(=O)CC)[C@H](OC(=O)CC)[C@H](OC(=O)CC)[C@H]2OC(=O)CC)[C@H](OC(=O)CC)[C@@H](OC(=O)CC)[C@H]1OC(=O)CC. The predicted octanol–water partition coefficient (Wildman–Crippen LogP) is 1.92. The first-order valence-corrected chi connectivity index (χ1v) is 20.4. The lowest BCUT2D eigenvalue weighted by Gasteiger charge is -2.43. The van der Waals surface area contributed by atoms with Crippen LogP contribution in [0.4, 0.5) is 0 Å². The van der Waals surface area contributed by atoms with E-state index in [1.807, 2.05) is 0 Å². The number of ether oxygens (including phenoxy) is 12. The van der Waals surface area contributed by atoms with Gasteiger partial charge >= 0.3 is 59.7 Å². The van der Waals surface area contributed by atoms with Crippen LogP contribution in [0.15, 0.2) is 12.2 Å². The standard InChI is InChI=1S/C40H56O22/c1-9-23(41)51-19-21-33(55-25(43)11-3)35(57-27(45)13-5)37(59-29(47)15-7)39(53-21)61-31(49)17-18-32(50)62-40-38(60-30(48)16-8)36(58-28(46)14-6)34(56-26(44)12-4)22(54-40)20-52-24(42)10-2/h17-18,21-22,33-40H,9-16,19-20H2,1-8H3/b18-17+/t21-,22-,33+,34+,35+,36+,37-,38-,39+,40+/m1/s1. The smallest absolute Gasteiger partial charge is 0.333 e. The fraction of sp³-hybridized carbons (Fsp3) is 0.700. The summed E-state index contributed by atoms with van der Waals surface area (Å²) in [4.78, 5) is 126. The molecule has 0 aromatic rings. The molecule has 0 saturated carbocycles. The fourth-order valence-electron chi connectivity index (χ4n) is 5.43.